The molecule has 0 aromatic heterocycles. The summed E-state index contributed by atoms with van der Waals surface area (Å²) in [5.74, 6) is 1.47. The molecule has 2 rings (SSSR count). The molecule has 2 nitrogen and oxygen atoms in total. The largest absolute Gasteiger partial charge is 0.389 e. The minimum Gasteiger partial charge on any atom is -0.389 e. The quantitative estimate of drug-likeness (QED) is 0.802. The second-order valence-electron chi connectivity index (χ2n) is 9.10. The van der Waals surface area contributed by atoms with Crippen molar-refractivity contribution in [2.75, 3.05) is 6.54 Å². The molecule has 0 aromatic carbocycles. The van der Waals surface area contributed by atoms with Crippen molar-refractivity contribution in [3.8, 4) is 0 Å². The lowest BCUT2D eigenvalue weighted by atomic mass is 9.52. The van der Waals surface area contributed by atoms with Crippen LogP contribution < -0.4 is 5.73 Å². The summed E-state index contributed by atoms with van der Waals surface area (Å²) >= 11 is 0. The molecule has 2 saturated carbocycles. The van der Waals surface area contributed by atoms with Crippen molar-refractivity contribution in [2.45, 2.75) is 91.1 Å². The maximum absolute atomic E-state index is 11.6. The van der Waals surface area contributed by atoms with Gasteiger partial charge in [-0.2, -0.15) is 0 Å². The van der Waals surface area contributed by atoms with E-state index in [0.717, 1.165) is 31.6 Å². The van der Waals surface area contributed by atoms with Gasteiger partial charge in [-0.1, -0.05) is 40.5 Å². The van der Waals surface area contributed by atoms with Crippen LogP contribution in [0.25, 0.3) is 0 Å². The first-order chi connectivity index (χ1) is 9.76. The molecular formula is C19H37NO. The summed E-state index contributed by atoms with van der Waals surface area (Å²) < 4.78 is 0. The Morgan fingerprint density at radius 2 is 1.76 bits per heavy atom. The summed E-state index contributed by atoms with van der Waals surface area (Å²) in [6.07, 6.45) is 10.5. The molecule has 2 aliphatic rings. The maximum atomic E-state index is 11.6. The fourth-order valence-corrected chi connectivity index (χ4v) is 5.72. The Morgan fingerprint density at radius 3 is 2.24 bits per heavy atom. The number of hydrogen-bond acceptors (Lipinski definition) is 2. The first-order valence-corrected chi connectivity index (χ1v) is 9.18. The molecule has 0 saturated heterocycles. The Labute approximate surface area is 131 Å². The van der Waals surface area contributed by atoms with Crippen LogP contribution in [0.4, 0.5) is 0 Å². The van der Waals surface area contributed by atoms with E-state index in [2.05, 4.69) is 27.7 Å². The van der Waals surface area contributed by atoms with Gasteiger partial charge in [-0.15, -0.1) is 0 Å². The molecule has 21 heavy (non-hydrogen) atoms. The molecule has 2 heteroatoms. The van der Waals surface area contributed by atoms with Crippen molar-refractivity contribution in [3.63, 3.8) is 0 Å². The van der Waals surface area contributed by atoms with Crippen LogP contribution in [-0.2, 0) is 0 Å². The Bertz CT molecular complexity index is 343. The van der Waals surface area contributed by atoms with E-state index in [0.29, 0.717) is 12.5 Å². The van der Waals surface area contributed by atoms with Gasteiger partial charge in [-0.3, -0.25) is 0 Å². The summed E-state index contributed by atoms with van der Waals surface area (Å²) in [6, 6.07) is 0. The molecule has 124 valence electrons. The highest BCUT2D eigenvalue weighted by Crippen LogP contribution is 2.56. The van der Waals surface area contributed by atoms with Crippen molar-refractivity contribution < 1.29 is 5.11 Å². The van der Waals surface area contributed by atoms with Crippen LogP contribution in [0.2, 0.25) is 0 Å². The molecule has 0 radical (unpaired) electrons. The zero-order chi connectivity index (χ0) is 15.7. The highest BCUT2D eigenvalue weighted by Gasteiger charge is 2.55. The lowest BCUT2D eigenvalue weighted by Crippen LogP contribution is -2.58. The number of hydrogen-bond donors (Lipinski definition) is 2. The number of nitrogens with two attached hydrogens (primary N) is 1. The van der Waals surface area contributed by atoms with Gasteiger partial charge in [0.25, 0.3) is 0 Å². The number of rotatable bonds is 4. The fourth-order valence-electron chi connectivity index (χ4n) is 5.72. The third-order valence-corrected chi connectivity index (χ3v) is 6.50. The predicted molar refractivity (Wildman–Crippen MR) is 90.1 cm³/mol. The maximum Gasteiger partial charge on any atom is 0.0723 e. The van der Waals surface area contributed by atoms with E-state index in [-0.39, 0.29) is 10.8 Å². The van der Waals surface area contributed by atoms with Crippen molar-refractivity contribution in [3.05, 3.63) is 0 Å². The molecule has 0 heterocycles. The first-order valence-electron chi connectivity index (χ1n) is 9.18. The zero-order valence-corrected chi connectivity index (χ0v) is 14.8. The zero-order valence-electron chi connectivity index (χ0n) is 14.8. The van der Waals surface area contributed by atoms with Crippen molar-refractivity contribution in [2.24, 2.45) is 28.4 Å². The minimum atomic E-state index is -0.542. The Balaban J connectivity index is 2.16. The van der Waals surface area contributed by atoms with Gasteiger partial charge in [-0.25, -0.2) is 0 Å². The van der Waals surface area contributed by atoms with Gasteiger partial charge in [0.1, 0.15) is 0 Å². The topological polar surface area (TPSA) is 46.2 Å². The molecule has 2 fully saturated rings. The molecule has 0 spiro atoms. The van der Waals surface area contributed by atoms with Crippen LogP contribution in [0.15, 0.2) is 0 Å². The van der Waals surface area contributed by atoms with E-state index in [1.807, 2.05) is 0 Å². The van der Waals surface area contributed by atoms with Crippen LogP contribution in [0.1, 0.15) is 85.5 Å². The monoisotopic (exact) mass is 295 g/mol. The average molecular weight is 296 g/mol. The van der Waals surface area contributed by atoms with Crippen LogP contribution in [-0.4, -0.2) is 17.3 Å². The van der Waals surface area contributed by atoms with Gasteiger partial charge in [-0.05, 0) is 62.2 Å². The van der Waals surface area contributed by atoms with Gasteiger partial charge in [0.2, 0.25) is 0 Å². The average Bonchev–Trinajstić information content (AvgIpc) is 2.37. The lowest BCUT2D eigenvalue weighted by Gasteiger charge is -2.56. The van der Waals surface area contributed by atoms with Gasteiger partial charge >= 0.3 is 0 Å². The molecule has 0 aliphatic heterocycles. The molecule has 2 aliphatic carbocycles. The van der Waals surface area contributed by atoms with Crippen molar-refractivity contribution >= 4 is 0 Å². The molecule has 2 unspecified atom stereocenters. The van der Waals surface area contributed by atoms with Gasteiger partial charge in [0, 0.05) is 12.0 Å². The van der Waals surface area contributed by atoms with E-state index < -0.39 is 5.60 Å². The highest BCUT2D eigenvalue weighted by atomic mass is 16.3. The molecule has 0 aromatic rings. The van der Waals surface area contributed by atoms with E-state index in [1.165, 1.54) is 32.1 Å². The molecular weight excluding hydrogens is 258 g/mol. The van der Waals surface area contributed by atoms with Gasteiger partial charge < -0.3 is 10.8 Å². The van der Waals surface area contributed by atoms with Crippen LogP contribution >= 0.6 is 0 Å². The first kappa shape index (κ1) is 17.3. The summed E-state index contributed by atoms with van der Waals surface area (Å²) in [5.41, 5.74) is 5.93. The Morgan fingerprint density at radius 1 is 1.14 bits per heavy atom. The summed E-state index contributed by atoms with van der Waals surface area (Å²) in [4.78, 5) is 0. The summed E-state index contributed by atoms with van der Waals surface area (Å²) in [5, 5.41) is 11.6. The molecule has 0 bridgehead atoms. The van der Waals surface area contributed by atoms with E-state index >= 15 is 0 Å². The third-order valence-electron chi connectivity index (χ3n) is 6.50. The minimum absolute atomic E-state index is 0.0246. The highest BCUT2D eigenvalue weighted by molar-refractivity contribution is 5.07. The normalized spacial score (nSPS) is 43.7. The SMILES string of the molecule is CCCC1CCC(CN)(C2(O)CC(C)CC(C)(C)C2)CC1. The second-order valence-corrected chi connectivity index (χ2v) is 9.10. The molecule has 3 N–H and O–H groups in total. The van der Waals surface area contributed by atoms with E-state index in [1.54, 1.807) is 0 Å². The third kappa shape index (κ3) is 3.47. The van der Waals surface area contributed by atoms with Crippen molar-refractivity contribution in [1.29, 1.82) is 0 Å². The second kappa shape index (κ2) is 6.20. The lowest BCUT2D eigenvalue weighted by molar-refractivity contribution is -0.160. The fraction of sp³-hybridized carbons (Fsp3) is 1.00. The van der Waals surface area contributed by atoms with Gasteiger partial charge in [0.15, 0.2) is 0 Å². The van der Waals surface area contributed by atoms with Gasteiger partial charge in [0.05, 0.1) is 5.60 Å². The Hall–Kier alpha value is -0.0800. The molecule has 2 atom stereocenters. The summed E-state index contributed by atoms with van der Waals surface area (Å²) in [6.45, 7) is 9.88. The molecule has 0 amide bonds. The Kier molecular flexibility index (Phi) is 5.10. The van der Waals surface area contributed by atoms with E-state index in [4.69, 9.17) is 5.73 Å². The standard InChI is InChI=1S/C19H37NO/c1-5-6-16-7-9-18(14-20,10-8-16)19(21)12-15(2)11-17(3,4)13-19/h15-16,21H,5-14,20H2,1-4H3. The van der Waals surface area contributed by atoms with Crippen LogP contribution in [0.3, 0.4) is 0 Å². The summed E-state index contributed by atoms with van der Waals surface area (Å²) in [7, 11) is 0. The predicted octanol–water partition coefficient (Wildman–Crippen LogP) is 4.50. The van der Waals surface area contributed by atoms with E-state index in [9.17, 15) is 5.11 Å². The van der Waals surface area contributed by atoms with Crippen LogP contribution in [0.5, 0.6) is 0 Å². The van der Waals surface area contributed by atoms with Crippen LogP contribution in [0, 0.1) is 22.7 Å². The number of aliphatic hydroxyl groups is 1. The van der Waals surface area contributed by atoms with Crippen molar-refractivity contribution in [1.82, 2.24) is 0 Å². The smallest absolute Gasteiger partial charge is 0.0723 e.